The van der Waals surface area contributed by atoms with Crippen LogP contribution in [0.4, 0.5) is 5.69 Å². The third-order valence-electron chi connectivity index (χ3n) is 5.53. The van der Waals surface area contributed by atoms with Crippen molar-refractivity contribution in [3.05, 3.63) is 34.6 Å². The Hall–Kier alpha value is -2.36. The second-order valence-electron chi connectivity index (χ2n) is 9.43. The molecule has 0 bridgehead atoms. The van der Waals surface area contributed by atoms with Gasteiger partial charge < -0.3 is 15.0 Å². The average Bonchev–Trinajstić information content (AvgIpc) is 3.16. The van der Waals surface area contributed by atoms with Crippen molar-refractivity contribution in [2.45, 2.75) is 58.1 Å². The number of nitrogens with one attached hydrogen (secondary N) is 1. The molecule has 0 spiro atoms. The summed E-state index contributed by atoms with van der Waals surface area (Å²) in [7, 11) is 0. The Morgan fingerprint density at radius 2 is 1.97 bits per heavy atom. The molecule has 1 aliphatic rings. The highest BCUT2D eigenvalue weighted by Crippen LogP contribution is 2.33. The zero-order valence-corrected chi connectivity index (χ0v) is 22.0. The summed E-state index contributed by atoms with van der Waals surface area (Å²) in [6.07, 6.45) is 4.87. The minimum Gasteiger partial charge on any atom is -0.458 e. The lowest BCUT2D eigenvalue weighted by molar-refractivity contribution is -0.165. The van der Waals surface area contributed by atoms with Crippen LogP contribution in [0.5, 0.6) is 0 Å². The second-order valence-corrected chi connectivity index (χ2v) is 10.5. The quantitative estimate of drug-likeness (QED) is 0.368. The molecule has 0 saturated heterocycles. The number of rotatable bonds is 9. The molecule has 1 heterocycles. The summed E-state index contributed by atoms with van der Waals surface area (Å²) in [5.41, 5.74) is 0.0486. The van der Waals surface area contributed by atoms with E-state index in [1.54, 1.807) is 32.9 Å². The van der Waals surface area contributed by atoms with Gasteiger partial charge in [0.1, 0.15) is 24.1 Å². The van der Waals surface area contributed by atoms with Gasteiger partial charge in [-0.05, 0) is 51.3 Å². The van der Waals surface area contributed by atoms with Crippen LogP contribution in [0, 0.1) is 5.92 Å². The summed E-state index contributed by atoms with van der Waals surface area (Å²) < 4.78 is 6.97. The molecule has 35 heavy (non-hydrogen) atoms. The molecule has 1 atom stereocenters. The molecule has 9 nitrogen and oxygen atoms in total. The molecule has 1 aromatic carbocycles. The van der Waals surface area contributed by atoms with Crippen molar-refractivity contribution in [1.29, 1.82) is 0 Å². The highest BCUT2D eigenvalue weighted by atomic mass is 35.5. The molecule has 1 N–H and O–H groups in total. The van der Waals surface area contributed by atoms with Crippen LogP contribution in [0.1, 0.15) is 46.5 Å². The van der Waals surface area contributed by atoms with E-state index in [0.717, 1.165) is 19.3 Å². The number of nitrogens with zero attached hydrogens (tertiary/aromatic N) is 4. The Labute approximate surface area is 219 Å². The molecule has 1 fully saturated rings. The van der Waals surface area contributed by atoms with Gasteiger partial charge in [-0.15, -0.1) is 16.7 Å². The maximum absolute atomic E-state index is 13.1. The van der Waals surface area contributed by atoms with Crippen LogP contribution in [-0.2, 0) is 19.1 Å². The van der Waals surface area contributed by atoms with E-state index in [2.05, 4.69) is 15.6 Å². The van der Waals surface area contributed by atoms with Crippen LogP contribution < -0.4 is 5.32 Å². The molecule has 3 rings (SSSR count). The highest BCUT2D eigenvalue weighted by Gasteiger charge is 2.37. The summed E-state index contributed by atoms with van der Waals surface area (Å²) in [5.74, 6) is -1.74. The summed E-state index contributed by atoms with van der Waals surface area (Å²) in [4.78, 5) is 40.2. The number of esters is 1. The van der Waals surface area contributed by atoms with Crippen molar-refractivity contribution in [3.8, 4) is 5.69 Å². The van der Waals surface area contributed by atoms with Crippen molar-refractivity contribution < 1.29 is 19.1 Å². The van der Waals surface area contributed by atoms with Gasteiger partial charge in [-0.3, -0.25) is 9.59 Å². The van der Waals surface area contributed by atoms with Crippen molar-refractivity contribution in [2.75, 3.05) is 17.7 Å². The predicted molar refractivity (Wildman–Crippen MR) is 134 cm³/mol. The Balaban J connectivity index is 1.84. The largest absolute Gasteiger partial charge is 0.458 e. The zero-order valence-electron chi connectivity index (χ0n) is 19.8. The van der Waals surface area contributed by atoms with E-state index in [1.807, 2.05) is 0 Å². The summed E-state index contributed by atoms with van der Waals surface area (Å²) >= 11 is 17.9. The lowest BCUT2D eigenvalue weighted by Crippen LogP contribution is -2.51. The van der Waals surface area contributed by atoms with Gasteiger partial charge >= 0.3 is 5.97 Å². The van der Waals surface area contributed by atoms with Gasteiger partial charge in [0.15, 0.2) is 5.15 Å². The number of benzene rings is 1. The normalized spacial score (nSPS) is 14.7. The molecule has 0 radical (unpaired) electrons. The van der Waals surface area contributed by atoms with Gasteiger partial charge in [0, 0.05) is 5.02 Å². The molecule has 2 aromatic rings. The van der Waals surface area contributed by atoms with Crippen LogP contribution >= 0.6 is 34.8 Å². The van der Waals surface area contributed by atoms with Crippen LogP contribution in [0.2, 0.25) is 10.2 Å². The molecule has 12 heteroatoms. The molecule has 190 valence electrons. The third kappa shape index (κ3) is 7.56. The van der Waals surface area contributed by atoms with Crippen LogP contribution in [0.3, 0.4) is 0 Å². The summed E-state index contributed by atoms with van der Waals surface area (Å²) in [5, 5.41) is 11.0. The number of anilines is 1. The molecular weight excluding hydrogens is 517 g/mol. The van der Waals surface area contributed by atoms with Crippen LogP contribution in [0.15, 0.2) is 24.4 Å². The number of halogens is 3. The molecule has 1 unspecified atom stereocenters. The standard InChI is InChI=1S/C23H28Cl3N5O4/c1-23(2,3)35-22(34)18(9-14-5-4-6-14)30(21(33)11-24)13-20(32)27-16-10-15(25)7-8-17(16)31-12-19(26)28-29-31/h7-8,10,12,14,18H,4-6,9,11,13H2,1-3H3,(H,27,32). The Morgan fingerprint density at radius 3 is 2.51 bits per heavy atom. The van der Waals surface area contributed by atoms with Gasteiger partial charge in [0.25, 0.3) is 0 Å². The lowest BCUT2D eigenvalue weighted by Gasteiger charge is -2.36. The molecule has 1 aliphatic carbocycles. The second kappa shape index (κ2) is 11.6. The lowest BCUT2D eigenvalue weighted by atomic mass is 9.80. The van der Waals surface area contributed by atoms with Crippen molar-refractivity contribution in [2.24, 2.45) is 5.92 Å². The zero-order chi connectivity index (χ0) is 25.8. The fraction of sp³-hybridized carbons (Fsp3) is 0.522. The fourth-order valence-corrected chi connectivity index (χ4v) is 4.18. The first-order chi connectivity index (χ1) is 16.5. The number of hydrogen-bond donors (Lipinski definition) is 1. The first-order valence-corrected chi connectivity index (χ1v) is 12.5. The van der Waals surface area contributed by atoms with Crippen molar-refractivity contribution >= 4 is 58.3 Å². The SMILES string of the molecule is CC(C)(C)OC(=O)C(CC1CCC1)N(CC(=O)Nc1cc(Cl)ccc1-n1cc(Cl)nn1)C(=O)CCl. The smallest absolute Gasteiger partial charge is 0.329 e. The number of amides is 2. The Bertz CT molecular complexity index is 1080. The molecular formula is C23H28Cl3N5O4. The predicted octanol–water partition coefficient (Wildman–Crippen LogP) is 4.48. The van der Waals surface area contributed by atoms with E-state index in [4.69, 9.17) is 39.5 Å². The first kappa shape index (κ1) is 27.2. The van der Waals surface area contributed by atoms with E-state index < -0.39 is 36.0 Å². The van der Waals surface area contributed by atoms with Crippen LogP contribution in [0.25, 0.3) is 5.69 Å². The number of hydrogen-bond acceptors (Lipinski definition) is 6. The van der Waals surface area contributed by atoms with Crippen LogP contribution in [-0.4, -0.2) is 61.7 Å². The molecule has 2 amide bonds. The monoisotopic (exact) mass is 543 g/mol. The number of carbonyl (C=O) groups excluding carboxylic acids is 3. The number of aromatic nitrogens is 3. The van der Waals surface area contributed by atoms with Gasteiger partial charge in [-0.25, -0.2) is 9.48 Å². The first-order valence-electron chi connectivity index (χ1n) is 11.2. The van der Waals surface area contributed by atoms with Gasteiger partial charge in [-0.2, -0.15) is 0 Å². The minimum atomic E-state index is -0.926. The van der Waals surface area contributed by atoms with Crippen molar-refractivity contribution in [1.82, 2.24) is 19.9 Å². The maximum atomic E-state index is 13.1. The Morgan fingerprint density at radius 1 is 1.26 bits per heavy atom. The van der Waals surface area contributed by atoms with Gasteiger partial charge in [-0.1, -0.05) is 47.7 Å². The molecule has 0 aliphatic heterocycles. The van der Waals surface area contributed by atoms with Crippen molar-refractivity contribution in [3.63, 3.8) is 0 Å². The van der Waals surface area contributed by atoms with E-state index in [9.17, 15) is 14.4 Å². The maximum Gasteiger partial charge on any atom is 0.329 e. The average molecular weight is 545 g/mol. The van der Waals surface area contributed by atoms with E-state index in [1.165, 1.54) is 21.8 Å². The van der Waals surface area contributed by atoms with Gasteiger partial charge in [0.2, 0.25) is 11.8 Å². The van der Waals surface area contributed by atoms with E-state index in [-0.39, 0.29) is 17.0 Å². The third-order valence-corrected chi connectivity index (χ3v) is 6.17. The van der Waals surface area contributed by atoms with E-state index in [0.29, 0.717) is 22.8 Å². The Kier molecular flexibility index (Phi) is 9.01. The molecule has 1 saturated carbocycles. The number of carbonyl (C=O) groups is 3. The molecule has 1 aromatic heterocycles. The van der Waals surface area contributed by atoms with Gasteiger partial charge in [0.05, 0.1) is 17.6 Å². The van der Waals surface area contributed by atoms with E-state index >= 15 is 0 Å². The number of alkyl halides is 1. The minimum absolute atomic E-state index is 0.173. The summed E-state index contributed by atoms with van der Waals surface area (Å²) in [6, 6.07) is 3.88. The number of ether oxygens (including phenoxy) is 1. The fourth-order valence-electron chi connectivity index (χ4n) is 3.73. The topological polar surface area (TPSA) is 106 Å². The summed E-state index contributed by atoms with van der Waals surface area (Å²) in [6.45, 7) is 4.86. The highest BCUT2D eigenvalue weighted by molar-refractivity contribution is 6.31.